The summed E-state index contributed by atoms with van der Waals surface area (Å²) in [4.78, 5) is 0. The van der Waals surface area contributed by atoms with Crippen LogP contribution < -0.4 is 0 Å². The highest BCUT2D eigenvalue weighted by atomic mass is 32.1. The average Bonchev–Trinajstić information content (AvgIpc) is 2.13. The molecule has 1 aromatic carbocycles. The van der Waals surface area contributed by atoms with Crippen LogP contribution >= 0.6 is 24.8 Å². The Balaban J connectivity index is 3.64. The summed E-state index contributed by atoms with van der Waals surface area (Å²) in [5, 5.41) is 0. The standard InChI is InChI=1S/C15H22S2/c1-14(2,3)11-9-7-8-10(13(16)17)12(11)15(4,5)6/h7-9H,1-6H3,(H,16,17). The van der Waals surface area contributed by atoms with Gasteiger partial charge in [-0.05, 0) is 22.0 Å². The molecule has 0 heterocycles. The van der Waals surface area contributed by atoms with Crippen molar-refractivity contribution in [3.63, 3.8) is 0 Å². The van der Waals surface area contributed by atoms with Gasteiger partial charge in [0.05, 0.1) is 4.20 Å². The van der Waals surface area contributed by atoms with E-state index in [1.54, 1.807) is 0 Å². The second kappa shape index (κ2) is 4.74. The number of hydrogen-bond donors (Lipinski definition) is 1. The second-order valence-corrected chi connectivity index (χ2v) is 7.69. The highest BCUT2D eigenvalue weighted by Crippen LogP contribution is 2.36. The van der Waals surface area contributed by atoms with Gasteiger partial charge in [-0.2, -0.15) is 0 Å². The van der Waals surface area contributed by atoms with Crippen LogP contribution in [-0.2, 0) is 10.8 Å². The Morgan fingerprint density at radius 1 is 1.00 bits per heavy atom. The summed E-state index contributed by atoms with van der Waals surface area (Å²) in [7, 11) is 0. The molecule has 0 unspecified atom stereocenters. The molecule has 0 saturated carbocycles. The lowest BCUT2D eigenvalue weighted by molar-refractivity contribution is 0.530. The fraction of sp³-hybridized carbons (Fsp3) is 0.533. The van der Waals surface area contributed by atoms with E-state index in [1.165, 1.54) is 11.1 Å². The zero-order valence-electron chi connectivity index (χ0n) is 11.6. The van der Waals surface area contributed by atoms with E-state index in [2.05, 4.69) is 72.4 Å². The minimum atomic E-state index is 0.0754. The summed E-state index contributed by atoms with van der Waals surface area (Å²) in [6, 6.07) is 6.36. The fourth-order valence-corrected chi connectivity index (χ4v) is 2.52. The Bertz CT molecular complexity index is 431. The maximum atomic E-state index is 5.27. The molecule has 0 N–H and O–H groups in total. The molecular formula is C15H22S2. The number of hydrogen-bond acceptors (Lipinski definition) is 1. The van der Waals surface area contributed by atoms with Gasteiger partial charge in [0.1, 0.15) is 0 Å². The van der Waals surface area contributed by atoms with Gasteiger partial charge >= 0.3 is 0 Å². The molecule has 0 aliphatic rings. The smallest absolute Gasteiger partial charge is 0.0750 e. The molecule has 0 fully saturated rings. The third-order valence-corrected chi connectivity index (χ3v) is 3.31. The normalized spacial score (nSPS) is 12.6. The first-order chi connectivity index (χ1) is 7.55. The molecule has 94 valence electrons. The van der Waals surface area contributed by atoms with Crippen molar-refractivity contribution in [3.8, 4) is 0 Å². The summed E-state index contributed by atoms with van der Waals surface area (Å²) < 4.78 is 0.682. The highest BCUT2D eigenvalue weighted by Gasteiger charge is 2.27. The molecule has 0 spiro atoms. The summed E-state index contributed by atoms with van der Waals surface area (Å²) in [6.07, 6.45) is 0. The number of benzene rings is 1. The second-order valence-electron chi connectivity index (χ2n) is 6.53. The van der Waals surface area contributed by atoms with Crippen LogP contribution in [0.15, 0.2) is 18.2 Å². The summed E-state index contributed by atoms with van der Waals surface area (Å²) in [5.74, 6) is 0. The zero-order valence-corrected chi connectivity index (χ0v) is 13.3. The minimum Gasteiger partial charge on any atom is -0.131 e. The van der Waals surface area contributed by atoms with Crippen molar-refractivity contribution in [2.75, 3.05) is 0 Å². The Morgan fingerprint density at radius 2 is 1.53 bits per heavy atom. The third-order valence-electron chi connectivity index (χ3n) is 2.85. The van der Waals surface area contributed by atoms with E-state index in [9.17, 15) is 0 Å². The average molecular weight is 266 g/mol. The predicted octanol–water partition coefficient (Wildman–Crippen LogP) is 4.89. The van der Waals surface area contributed by atoms with Gasteiger partial charge in [-0.1, -0.05) is 72.0 Å². The van der Waals surface area contributed by atoms with E-state index in [4.69, 9.17) is 12.2 Å². The molecule has 0 aliphatic carbocycles. The molecule has 0 aliphatic heterocycles. The van der Waals surface area contributed by atoms with E-state index in [-0.39, 0.29) is 10.8 Å². The summed E-state index contributed by atoms with van der Waals surface area (Å²) >= 11 is 9.63. The largest absolute Gasteiger partial charge is 0.131 e. The first-order valence-corrected chi connectivity index (χ1v) is 6.78. The lowest BCUT2D eigenvalue weighted by atomic mass is 9.73. The Morgan fingerprint density at radius 3 is 1.88 bits per heavy atom. The molecule has 1 aromatic rings. The highest BCUT2D eigenvalue weighted by molar-refractivity contribution is 8.11. The van der Waals surface area contributed by atoms with Gasteiger partial charge in [0.15, 0.2) is 0 Å². The lowest BCUT2D eigenvalue weighted by Gasteiger charge is -2.32. The van der Waals surface area contributed by atoms with Gasteiger partial charge in [-0.15, -0.1) is 12.6 Å². The first kappa shape index (κ1) is 14.7. The molecule has 0 saturated heterocycles. The molecular weight excluding hydrogens is 244 g/mol. The van der Waals surface area contributed by atoms with Crippen molar-refractivity contribution in [2.45, 2.75) is 52.4 Å². The van der Waals surface area contributed by atoms with Crippen LogP contribution in [0.5, 0.6) is 0 Å². The van der Waals surface area contributed by atoms with Crippen molar-refractivity contribution in [2.24, 2.45) is 0 Å². The van der Waals surface area contributed by atoms with E-state index in [1.807, 2.05) is 0 Å². The number of thiocarbonyl (C=S) groups is 1. The Labute approximate surface area is 116 Å². The Kier molecular flexibility index (Phi) is 4.10. The molecule has 0 radical (unpaired) electrons. The molecule has 0 atom stereocenters. The van der Waals surface area contributed by atoms with Crippen LogP contribution in [0.4, 0.5) is 0 Å². The van der Waals surface area contributed by atoms with Crippen LogP contribution in [0.1, 0.15) is 58.2 Å². The Hall–Kier alpha value is -0.340. The van der Waals surface area contributed by atoms with Crippen molar-refractivity contribution in [3.05, 3.63) is 34.9 Å². The molecule has 0 amide bonds. The van der Waals surface area contributed by atoms with Crippen LogP contribution in [0.25, 0.3) is 0 Å². The van der Waals surface area contributed by atoms with Crippen molar-refractivity contribution >= 4 is 29.0 Å². The van der Waals surface area contributed by atoms with E-state index >= 15 is 0 Å². The minimum absolute atomic E-state index is 0.0754. The fourth-order valence-electron chi connectivity index (χ4n) is 2.16. The monoisotopic (exact) mass is 266 g/mol. The first-order valence-electron chi connectivity index (χ1n) is 5.92. The molecule has 0 aromatic heterocycles. The predicted molar refractivity (Wildman–Crippen MR) is 84.5 cm³/mol. The molecule has 0 nitrogen and oxygen atoms in total. The van der Waals surface area contributed by atoms with E-state index < -0.39 is 0 Å². The van der Waals surface area contributed by atoms with Crippen LogP contribution in [0, 0.1) is 0 Å². The molecule has 2 heteroatoms. The molecule has 0 bridgehead atoms. The van der Waals surface area contributed by atoms with Gasteiger partial charge in [0, 0.05) is 5.56 Å². The van der Waals surface area contributed by atoms with Crippen LogP contribution in [0.3, 0.4) is 0 Å². The van der Waals surface area contributed by atoms with Gasteiger partial charge in [0.25, 0.3) is 0 Å². The van der Waals surface area contributed by atoms with Crippen LogP contribution in [-0.4, -0.2) is 4.20 Å². The van der Waals surface area contributed by atoms with Crippen molar-refractivity contribution in [1.29, 1.82) is 0 Å². The third kappa shape index (κ3) is 3.32. The van der Waals surface area contributed by atoms with E-state index in [0.29, 0.717) is 4.20 Å². The lowest BCUT2D eigenvalue weighted by Crippen LogP contribution is -2.24. The molecule has 1 rings (SSSR count). The number of rotatable bonds is 1. The maximum Gasteiger partial charge on any atom is 0.0750 e. The quantitative estimate of drug-likeness (QED) is 0.558. The van der Waals surface area contributed by atoms with Gasteiger partial charge in [-0.25, -0.2) is 0 Å². The number of thiol groups is 1. The van der Waals surface area contributed by atoms with Gasteiger partial charge in [0.2, 0.25) is 0 Å². The van der Waals surface area contributed by atoms with Gasteiger partial charge in [-0.3, -0.25) is 0 Å². The summed E-state index contributed by atoms with van der Waals surface area (Å²) in [6.45, 7) is 13.4. The SMILES string of the molecule is CC(C)(C)c1cccc(C(=S)S)c1C(C)(C)C. The van der Waals surface area contributed by atoms with Gasteiger partial charge < -0.3 is 0 Å². The maximum absolute atomic E-state index is 5.27. The van der Waals surface area contributed by atoms with Crippen molar-refractivity contribution in [1.82, 2.24) is 0 Å². The zero-order chi connectivity index (χ0) is 13.4. The topological polar surface area (TPSA) is 0 Å². The van der Waals surface area contributed by atoms with Crippen molar-refractivity contribution < 1.29 is 0 Å². The molecule has 17 heavy (non-hydrogen) atoms. The van der Waals surface area contributed by atoms with E-state index in [0.717, 1.165) is 5.56 Å². The summed E-state index contributed by atoms with van der Waals surface area (Å²) in [5.41, 5.74) is 3.98. The van der Waals surface area contributed by atoms with Crippen LogP contribution in [0.2, 0.25) is 0 Å².